The lowest BCUT2D eigenvalue weighted by atomic mass is 9.77. The summed E-state index contributed by atoms with van der Waals surface area (Å²) in [7, 11) is -1.42. The van der Waals surface area contributed by atoms with E-state index in [1.807, 2.05) is 0 Å². The minimum Gasteiger partial charge on any atom is -0.0772 e. The van der Waals surface area contributed by atoms with E-state index in [0.29, 0.717) is 0 Å². The van der Waals surface area contributed by atoms with Gasteiger partial charge in [-0.1, -0.05) is 241 Å². The van der Waals surface area contributed by atoms with Crippen LogP contribution in [0.2, 0.25) is 0 Å². The molecule has 314 valence electrons. The van der Waals surface area contributed by atoms with E-state index in [4.69, 9.17) is 0 Å². The van der Waals surface area contributed by atoms with Crippen LogP contribution >= 0.6 is 15.1 Å². The van der Waals surface area contributed by atoms with Gasteiger partial charge in [0.15, 0.2) is 0 Å². The van der Waals surface area contributed by atoms with Gasteiger partial charge in [0.25, 0.3) is 0 Å². The van der Waals surface area contributed by atoms with Crippen LogP contribution in [0.1, 0.15) is 25.0 Å². The standard InChI is InChI=1S/C65H44P2/c1-65(2)56-35-12-9-24-45(56)50-33-17-34-53(64(50)65)61-48-29-15-27-43(46-31-18-38-59-62(46)51-25-10-13-36-57(51)66(59)41-20-5-3-6-21-41)54(48)40-55-44(28-16-30-49(55)61)47-32-19-39-60-63(47)52-26-11-14-37-58(52)67(60)42-22-7-4-8-23-42/h3-40H,1-2H3. The van der Waals surface area contributed by atoms with Crippen molar-refractivity contribution in [1.82, 2.24) is 0 Å². The number of fused-ring (bicyclic) bond motifs is 11. The lowest BCUT2D eigenvalue weighted by molar-refractivity contribution is 0.662. The molecule has 1 aliphatic carbocycles. The van der Waals surface area contributed by atoms with Crippen molar-refractivity contribution in [3.05, 3.63) is 242 Å². The fraction of sp³-hybridized carbons (Fsp3) is 0.0462. The molecule has 0 saturated heterocycles. The van der Waals surface area contributed by atoms with Crippen LogP contribution in [0.4, 0.5) is 0 Å². The number of hydrogen-bond acceptors (Lipinski definition) is 0. The molecule has 0 amide bonds. The normalized spacial score (nSPS) is 13.6. The molecule has 1 aliphatic rings. The summed E-state index contributed by atoms with van der Waals surface area (Å²) in [6.45, 7) is 4.85. The minimum absolute atomic E-state index is 0.191. The highest BCUT2D eigenvalue weighted by Crippen LogP contribution is 2.60. The Hall–Kier alpha value is -7.46. The molecule has 2 heteroatoms. The topological polar surface area (TPSA) is 0 Å². The van der Waals surface area contributed by atoms with Crippen molar-refractivity contribution in [1.29, 1.82) is 0 Å². The van der Waals surface area contributed by atoms with Crippen molar-refractivity contribution in [2.24, 2.45) is 0 Å². The molecule has 14 rings (SSSR count). The predicted octanol–water partition coefficient (Wildman–Crippen LogP) is 19.9. The maximum atomic E-state index is 2.56. The molecule has 0 bridgehead atoms. The second-order valence-electron chi connectivity index (χ2n) is 18.7. The molecule has 0 saturated carbocycles. The summed E-state index contributed by atoms with van der Waals surface area (Å²) >= 11 is 0. The first-order chi connectivity index (χ1) is 33.1. The lowest BCUT2D eigenvalue weighted by Gasteiger charge is -2.26. The van der Waals surface area contributed by atoms with Crippen LogP contribution in [0.15, 0.2) is 231 Å². The van der Waals surface area contributed by atoms with Gasteiger partial charge in [0.05, 0.1) is 0 Å². The van der Waals surface area contributed by atoms with Crippen LogP contribution in [0.3, 0.4) is 0 Å². The third kappa shape index (κ3) is 5.56. The Bertz CT molecular complexity index is 3950. The molecule has 0 N–H and O–H groups in total. The SMILES string of the molecule is CC1(C)c2ccccc2-c2cccc(-c3c4cccc(-c5cccc6c5c5ccccc5p6-c5ccccc5)c4cc4c(-c5cccc6c5c5ccccc5p6-c5ccccc5)cccc34)c21. The van der Waals surface area contributed by atoms with Crippen LogP contribution in [0.5, 0.6) is 0 Å². The monoisotopic (exact) mass is 886 g/mol. The number of hydrogen-bond donors (Lipinski definition) is 0. The molecule has 13 aromatic rings. The fourth-order valence-corrected chi connectivity index (χ4v) is 17.5. The molecule has 11 aromatic carbocycles. The first-order valence-corrected chi connectivity index (χ1v) is 26.1. The van der Waals surface area contributed by atoms with Gasteiger partial charge in [-0.05, 0) is 117 Å². The smallest absolute Gasteiger partial charge is 0.0165 e. The molecule has 2 unspecified atom stereocenters. The van der Waals surface area contributed by atoms with Gasteiger partial charge in [0, 0.05) is 36.7 Å². The van der Waals surface area contributed by atoms with Crippen molar-refractivity contribution >= 4 is 78.6 Å². The van der Waals surface area contributed by atoms with E-state index < -0.39 is 15.1 Å². The van der Waals surface area contributed by atoms with Crippen molar-refractivity contribution in [2.75, 3.05) is 0 Å². The second kappa shape index (κ2) is 14.8. The first kappa shape index (κ1) is 38.8. The summed E-state index contributed by atoms with van der Waals surface area (Å²) < 4.78 is 0. The Morgan fingerprint density at radius 3 is 1.24 bits per heavy atom. The molecular formula is C65H44P2. The van der Waals surface area contributed by atoms with Gasteiger partial charge in [0.1, 0.15) is 0 Å². The van der Waals surface area contributed by atoms with E-state index in [1.54, 1.807) is 0 Å². The average Bonchev–Trinajstić information content (AvgIpc) is 3.99. The first-order valence-electron chi connectivity index (χ1n) is 23.4. The average molecular weight is 887 g/mol. The molecule has 2 atom stereocenters. The highest BCUT2D eigenvalue weighted by atomic mass is 31.1. The van der Waals surface area contributed by atoms with Crippen LogP contribution in [0, 0.1) is 0 Å². The summed E-state index contributed by atoms with van der Waals surface area (Å²) in [5.41, 5.74) is 13.1. The molecule has 0 radical (unpaired) electrons. The van der Waals surface area contributed by atoms with E-state index in [2.05, 4.69) is 244 Å². The minimum atomic E-state index is -0.708. The molecule has 0 spiro atoms. The van der Waals surface area contributed by atoms with Gasteiger partial charge in [-0.25, -0.2) is 0 Å². The van der Waals surface area contributed by atoms with Crippen LogP contribution in [-0.4, -0.2) is 0 Å². The largest absolute Gasteiger partial charge is 0.0772 e. The maximum absolute atomic E-state index is 2.56. The predicted molar refractivity (Wildman–Crippen MR) is 293 cm³/mol. The molecule has 0 fully saturated rings. The molecule has 2 aromatic heterocycles. The Kier molecular flexibility index (Phi) is 8.55. The van der Waals surface area contributed by atoms with Crippen LogP contribution < -0.4 is 0 Å². The quantitative estimate of drug-likeness (QED) is 0.151. The van der Waals surface area contributed by atoms with E-state index in [0.717, 1.165) is 0 Å². The lowest BCUT2D eigenvalue weighted by Crippen LogP contribution is -2.16. The zero-order valence-electron chi connectivity index (χ0n) is 37.3. The van der Waals surface area contributed by atoms with Gasteiger partial charge in [-0.15, -0.1) is 0 Å². The van der Waals surface area contributed by atoms with Gasteiger partial charge < -0.3 is 0 Å². The third-order valence-corrected chi connectivity index (χ3v) is 20.0. The Labute approximate surface area is 392 Å². The zero-order valence-corrected chi connectivity index (χ0v) is 39.1. The Morgan fingerprint density at radius 2 is 0.672 bits per heavy atom. The highest BCUT2D eigenvalue weighted by Gasteiger charge is 2.38. The van der Waals surface area contributed by atoms with Crippen LogP contribution in [0.25, 0.3) is 119 Å². The summed E-state index contributed by atoms with van der Waals surface area (Å²) in [6.07, 6.45) is 0. The van der Waals surface area contributed by atoms with E-state index >= 15 is 0 Å². The van der Waals surface area contributed by atoms with E-state index in [1.165, 1.54) is 130 Å². The van der Waals surface area contributed by atoms with Gasteiger partial charge in [-0.2, -0.15) is 0 Å². The molecular weight excluding hydrogens is 843 g/mol. The van der Waals surface area contributed by atoms with Crippen molar-refractivity contribution in [3.8, 4) is 55.1 Å². The molecule has 0 nitrogen and oxygen atoms in total. The summed E-state index contributed by atoms with van der Waals surface area (Å²) in [5, 5.41) is 19.1. The Morgan fingerprint density at radius 1 is 0.284 bits per heavy atom. The summed E-state index contributed by atoms with van der Waals surface area (Å²) in [5.74, 6) is 0. The molecule has 67 heavy (non-hydrogen) atoms. The van der Waals surface area contributed by atoms with Crippen molar-refractivity contribution in [2.45, 2.75) is 19.3 Å². The zero-order chi connectivity index (χ0) is 44.4. The summed E-state index contributed by atoms with van der Waals surface area (Å²) in [6, 6.07) is 87.7. The third-order valence-electron chi connectivity index (χ3n) is 14.9. The molecule has 0 aliphatic heterocycles. The Balaban J connectivity index is 1.13. The van der Waals surface area contributed by atoms with E-state index in [9.17, 15) is 0 Å². The van der Waals surface area contributed by atoms with Gasteiger partial charge in [-0.3, -0.25) is 0 Å². The highest BCUT2D eigenvalue weighted by molar-refractivity contribution is 7.68. The van der Waals surface area contributed by atoms with Crippen molar-refractivity contribution in [3.63, 3.8) is 0 Å². The van der Waals surface area contributed by atoms with E-state index in [-0.39, 0.29) is 5.41 Å². The van der Waals surface area contributed by atoms with Gasteiger partial charge in [0.2, 0.25) is 0 Å². The van der Waals surface area contributed by atoms with Gasteiger partial charge >= 0.3 is 0 Å². The number of rotatable bonds is 5. The van der Waals surface area contributed by atoms with Crippen LogP contribution in [-0.2, 0) is 5.41 Å². The second-order valence-corrected chi connectivity index (χ2v) is 23.0. The summed E-state index contributed by atoms with van der Waals surface area (Å²) in [4.78, 5) is 0. The fourth-order valence-electron chi connectivity index (χ4n) is 12.2. The molecule has 2 heterocycles. The number of benzene rings is 11. The maximum Gasteiger partial charge on any atom is 0.0165 e. The van der Waals surface area contributed by atoms with Crippen molar-refractivity contribution < 1.29 is 0 Å².